The van der Waals surface area contributed by atoms with E-state index >= 15 is 0 Å². The van der Waals surface area contributed by atoms with E-state index in [0.29, 0.717) is 11.4 Å². The Morgan fingerprint density at radius 2 is 1.89 bits per heavy atom. The van der Waals surface area contributed by atoms with Crippen LogP contribution in [0.1, 0.15) is 26.7 Å². The van der Waals surface area contributed by atoms with Gasteiger partial charge in [0.2, 0.25) is 15.9 Å². The quantitative estimate of drug-likeness (QED) is 0.685. The molecule has 0 unspecified atom stereocenters. The van der Waals surface area contributed by atoms with Crippen molar-refractivity contribution >= 4 is 27.3 Å². The summed E-state index contributed by atoms with van der Waals surface area (Å²) in [7, 11) is -3.67. The maximum Gasteiger partial charge on any atom is 0.232 e. The molecule has 0 atom stereocenters. The average Bonchev–Trinajstić information content (AvgIpc) is 2.58. The van der Waals surface area contributed by atoms with E-state index in [1.165, 1.54) is 18.2 Å². The molecule has 152 valence electrons. The van der Waals surface area contributed by atoms with Crippen LogP contribution in [0.25, 0.3) is 0 Å². The Balaban J connectivity index is 1.95. The normalized spacial score (nSPS) is 11.3. The molecule has 0 bridgehead atoms. The maximum atomic E-state index is 14.0. The summed E-state index contributed by atoms with van der Waals surface area (Å²) in [5.41, 5.74) is 0.571. The van der Waals surface area contributed by atoms with Crippen LogP contribution in [-0.4, -0.2) is 33.2 Å². The average molecular weight is 408 g/mol. The fourth-order valence-corrected chi connectivity index (χ4v) is 3.61. The van der Waals surface area contributed by atoms with Gasteiger partial charge in [0.05, 0.1) is 18.0 Å². The van der Waals surface area contributed by atoms with Crippen LogP contribution >= 0.6 is 0 Å². The van der Waals surface area contributed by atoms with Crippen LogP contribution in [0.15, 0.2) is 48.5 Å². The van der Waals surface area contributed by atoms with Crippen LogP contribution in [0.2, 0.25) is 0 Å². The molecule has 1 N–H and O–H groups in total. The van der Waals surface area contributed by atoms with E-state index < -0.39 is 15.8 Å². The monoisotopic (exact) mass is 408 g/mol. The van der Waals surface area contributed by atoms with Gasteiger partial charge < -0.3 is 10.1 Å². The molecule has 0 fully saturated rings. The summed E-state index contributed by atoms with van der Waals surface area (Å²) in [5, 5.41) is 2.76. The van der Waals surface area contributed by atoms with Crippen LogP contribution in [-0.2, 0) is 14.8 Å². The first-order valence-electron chi connectivity index (χ1n) is 8.95. The zero-order chi connectivity index (χ0) is 20.7. The van der Waals surface area contributed by atoms with E-state index in [-0.39, 0.29) is 37.1 Å². The second-order valence-electron chi connectivity index (χ2n) is 6.63. The van der Waals surface area contributed by atoms with Crippen molar-refractivity contribution in [1.82, 2.24) is 0 Å². The number of hydrogen-bond donors (Lipinski definition) is 1. The number of amides is 1. The third kappa shape index (κ3) is 6.53. The van der Waals surface area contributed by atoms with Crippen molar-refractivity contribution in [2.45, 2.75) is 32.8 Å². The molecule has 0 spiro atoms. The van der Waals surface area contributed by atoms with E-state index in [4.69, 9.17) is 4.74 Å². The van der Waals surface area contributed by atoms with Crippen molar-refractivity contribution in [3.63, 3.8) is 0 Å². The highest BCUT2D eigenvalue weighted by Crippen LogP contribution is 2.22. The molecule has 6 nitrogen and oxygen atoms in total. The highest BCUT2D eigenvalue weighted by molar-refractivity contribution is 7.92. The van der Waals surface area contributed by atoms with Crippen molar-refractivity contribution < 1.29 is 22.3 Å². The molecule has 0 aliphatic rings. The van der Waals surface area contributed by atoms with Gasteiger partial charge in [0.1, 0.15) is 11.6 Å². The number of carbonyl (C=O) groups is 1. The van der Waals surface area contributed by atoms with Crippen LogP contribution in [0.3, 0.4) is 0 Å². The molecule has 0 aliphatic carbocycles. The van der Waals surface area contributed by atoms with E-state index in [1.807, 2.05) is 13.8 Å². The first kappa shape index (κ1) is 21.7. The van der Waals surface area contributed by atoms with Crippen LogP contribution < -0.4 is 14.4 Å². The number of nitrogens with one attached hydrogen (secondary N) is 1. The highest BCUT2D eigenvalue weighted by atomic mass is 32.2. The summed E-state index contributed by atoms with van der Waals surface area (Å²) >= 11 is 0. The number of halogens is 1. The summed E-state index contributed by atoms with van der Waals surface area (Å²) in [5.74, 6) is -0.237. The molecule has 0 saturated carbocycles. The second-order valence-corrected chi connectivity index (χ2v) is 8.54. The van der Waals surface area contributed by atoms with Gasteiger partial charge >= 0.3 is 0 Å². The van der Waals surface area contributed by atoms with Gasteiger partial charge in [-0.2, -0.15) is 0 Å². The Hall–Kier alpha value is -2.61. The first-order valence-corrected chi connectivity index (χ1v) is 10.8. The molecular weight excluding hydrogens is 383 g/mol. The highest BCUT2D eigenvalue weighted by Gasteiger charge is 2.20. The zero-order valence-corrected chi connectivity index (χ0v) is 17.0. The number of sulfonamides is 1. The standard InChI is InChI=1S/C20H25FN2O4S/c1-15(2)27-17-9-6-8-16(14-17)22-20(24)12-7-13-23(28(3,25)26)19-11-5-4-10-18(19)21/h4-6,8-11,14-15H,7,12-13H2,1-3H3,(H,22,24). The van der Waals surface area contributed by atoms with Crippen molar-refractivity contribution in [2.24, 2.45) is 0 Å². The summed E-state index contributed by atoms with van der Waals surface area (Å²) in [6.07, 6.45) is 1.37. The van der Waals surface area contributed by atoms with Crippen molar-refractivity contribution in [2.75, 3.05) is 22.4 Å². The van der Waals surface area contributed by atoms with Gasteiger partial charge in [-0.15, -0.1) is 0 Å². The fourth-order valence-electron chi connectivity index (χ4n) is 2.64. The van der Waals surface area contributed by atoms with Crippen molar-refractivity contribution in [3.8, 4) is 5.75 Å². The van der Waals surface area contributed by atoms with E-state index in [1.54, 1.807) is 30.3 Å². The Morgan fingerprint density at radius 3 is 2.54 bits per heavy atom. The number of ether oxygens (including phenoxy) is 1. The van der Waals surface area contributed by atoms with Crippen molar-refractivity contribution in [3.05, 3.63) is 54.3 Å². The zero-order valence-electron chi connectivity index (χ0n) is 16.2. The Morgan fingerprint density at radius 1 is 1.18 bits per heavy atom. The van der Waals surface area contributed by atoms with Crippen molar-refractivity contribution in [1.29, 1.82) is 0 Å². The SMILES string of the molecule is CC(C)Oc1cccc(NC(=O)CCCN(c2ccccc2F)S(C)(=O)=O)c1. The van der Waals surface area contributed by atoms with E-state index in [0.717, 1.165) is 10.6 Å². The maximum absolute atomic E-state index is 14.0. The molecule has 0 aromatic heterocycles. The number of nitrogens with zero attached hydrogens (tertiary/aromatic N) is 1. The molecule has 0 radical (unpaired) electrons. The van der Waals surface area contributed by atoms with Gasteiger partial charge in [-0.1, -0.05) is 18.2 Å². The lowest BCUT2D eigenvalue weighted by molar-refractivity contribution is -0.116. The topological polar surface area (TPSA) is 75.7 Å². The smallest absolute Gasteiger partial charge is 0.232 e. The number of para-hydroxylation sites is 1. The van der Waals surface area contributed by atoms with Crippen LogP contribution in [0, 0.1) is 5.82 Å². The molecule has 2 aromatic carbocycles. The van der Waals surface area contributed by atoms with Gasteiger partial charge in [-0.05, 0) is 44.5 Å². The number of benzene rings is 2. The largest absolute Gasteiger partial charge is 0.491 e. The molecule has 0 saturated heterocycles. The molecular formula is C20H25FN2O4S. The van der Waals surface area contributed by atoms with Gasteiger partial charge in [0, 0.05) is 24.7 Å². The summed E-state index contributed by atoms with van der Waals surface area (Å²) in [4.78, 5) is 12.2. The van der Waals surface area contributed by atoms with Gasteiger partial charge in [-0.3, -0.25) is 9.10 Å². The molecule has 28 heavy (non-hydrogen) atoms. The molecule has 0 heterocycles. The molecule has 1 amide bonds. The number of rotatable bonds is 9. The predicted octanol–water partition coefficient (Wildman–Crippen LogP) is 3.80. The molecule has 8 heteroatoms. The predicted molar refractivity (Wildman–Crippen MR) is 109 cm³/mol. The minimum atomic E-state index is -3.67. The third-order valence-electron chi connectivity index (χ3n) is 3.78. The molecule has 2 rings (SSSR count). The van der Waals surface area contributed by atoms with Gasteiger partial charge in [0.15, 0.2) is 0 Å². The summed E-state index contributed by atoms with van der Waals surface area (Å²) in [6, 6.07) is 12.7. The van der Waals surface area contributed by atoms with Gasteiger partial charge in [0.25, 0.3) is 0 Å². The minimum Gasteiger partial charge on any atom is -0.491 e. The fraction of sp³-hybridized carbons (Fsp3) is 0.350. The Labute approximate surface area is 165 Å². The number of hydrogen-bond acceptors (Lipinski definition) is 4. The minimum absolute atomic E-state index is 0.00366. The Bertz CT molecular complexity index is 916. The van der Waals surface area contributed by atoms with Crippen LogP contribution in [0.5, 0.6) is 5.75 Å². The molecule has 0 aliphatic heterocycles. The third-order valence-corrected chi connectivity index (χ3v) is 4.96. The Kier molecular flexibility index (Phi) is 7.39. The summed E-state index contributed by atoms with van der Waals surface area (Å²) in [6.45, 7) is 3.83. The lowest BCUT2D eigenvalue weighted by atomic mass is 10.2. The second kappa shape index (κ2) is 9.54. The van der Waals surface area contributed by atoms with E-state index in [2.05, 4.69) is 5.32 Å². The first-order chi connectivity index (χ1) is 13.2. The lowest BCUT2D eigenvalue weighted by Gasteiger charge is -2.22. The van der Waals surface area contributed by atoms with Gasteiger partial charge in [-0.25, -0.2) is 12.8 Å². The van der Waals surface area contributed by atoms with E-state index in [9.17, 15) is 17.6 Å². The lowest BCUT2D eigenvalue weighted by Crippen LogP contribution is -2.32. The number of carbonyl (C=O) groups excluding carboxylic acids is 1. The molecule has 2 aromatic rings. The van der Waals surface area contributed by atoms with Crippen LogP contribution in [0.4, 0.5) is 15.8 Å². The number of anilines is 2. The summed E-state index contributed by atoms with van der Waals surface area (Å²) < 4.78 is 44.6.